The first-order chi connectivity index (χ1) is 16.7. The maximum atomic E-state index is 11.8. The monoisotopic (exact) mass is 582 g/mol. The number of carbonyl (C=O) groups is 1. The molecule has 2 aromatic carbocycles. The highest BCUT2D eigenvalue weighted by Gasteiger charge is 2.21. The van der Waals surface area contributed by atoms with Gasteiger partial charge in [0.1, 0.15) is 5.56 Å². The Labute approximate surface area is 220 Å². The van der Waals surface area contributed by atoms with Crippen molar-refractivity contribution in [1.29, 1.82) is 0 Å². The summed E-state index contributed by atoms with van der Waals surface area (Å²) in [6.07, 6.45) is 21.4. The SMILES string of the molecule is CCCCCCCCCCCCCCCCCCOc1cc2ccccc2c(C(=O)O)c1OI. The maximum Gasteiger partial charge on any atom is 0.340 e. The van der Waals surface area contributed by atoms with Crippen molar-refractivity contribution in [3.05, 3.63) is 35.9 Å². The van der Waals surface area contributed by atoms with Crippen LogP contribution in [0, 0.1) is 0 Å². The van der Waals surface area contributed by atoms with E-state index >= 15 is 0 Å². The van der Waals surface area contributed by atoms with Crippen molar-refractivity contribution in [1.82, 2.24) is 0 Å². The molecule has 5 heteroatoms. The quantitative estimate of drug-likeness (QED) is 0.125. The molecule has 0 fully saturated rings. The summed E-state index contributed by atoms with van der Waals surface area (Å²) in [7, 11) is 0. The summed E-state index contributed by atoms with van der Waals surface area (Å²) in [6, 6.07) is 9.32. The van der Waals surface area contributed by atoms with Crippen molar-refractivity contribution in [2.45, 2.75) is 110 Å². The van der Waals surface area contributed by atoms with E-state index in [1.165, 1.54) is 89.9 Å². The minimum atomic E-state index is -1.00. The molecule has 0 aliphatic carbocycles. The van der Waals surface area contributed by atoms with Crippen LogP contribution in [-0.2, 0) is 0 Å². The van der Waals surface area contributed by atoms with Gasteiger partial charge in [0.15, 0.2) is 34.5 Å². The Morgan fingerprint density at radius 3 is 1.79 bits per heavy atom. The van der Waals surface area contributed by atoms with Gasteiger partial charge in [0.25, 0.3) is 0 Å². The van der Waals surface area contributed by atoms with Crippen LogP contribution in [0.1, 0.15) is 120 Å². The highest BCUT2D eigenvalue weighted by molar-refractivity contribution is 14.1. The van der Waals surface area contributed by atoms with Gasteiger partial charge in [-0.2, -0.15) is 0 Å². The van der Waals surface area contributed by atoms with Crippen molar-refractivity contribution >= 4 is 39.7 Å². The van der Waals surface area contributed by atoms with Crippen molar-refractivity contribution in [3.63, 3.8) is 0 Å². The van der Waals surface area contributed by atoms with E-state index in [4.69, 9.17) is 7.80 Å². The standard InChI is InChI=1S/C29H43IO4/c1-2-3-4-5-6-7-8-9-10-11-12-13-14-15-16-19-22-33-26-23-24-20-17-18-21-25(24)27(29(31)32)28(26)34-30/h17-18,20-21,23H,2-16,19,22H2,1H3,(H,31,32). The van der Waals surface area contributed by atoms with Crippen molar-refractivity contribution in [2.24, 2.45) is 0 Å². The second-order valence-electron chi connectivity index (χ2n) is 9.33. The van der Waals surface area contributed by atoms with Crippen LogP contribution in [0.2, 0.25) is 0 Å². The Morgan fingerprint density at radius 1 is 0.794 bits per heavy atom. The molecule has 0 saturated carbocycles. The fourth-order valence-electron chi connectivity index (χ4n) is 4.53. The summed E-state index contributed by atoms with van der Waals surface area (Å²) in [5.74, 6) is -0.203. The Hall–Kier alpha value is -1.50. The number of ether oxygens (including phenoxy) is 1. The lowest BCUT2D eigenvalue weighted by Crippen LogP contribution is -2.04. The van der Waals surface area contributed by atoms with Crippen LogP contribution in [0.3, 0.4) is 0 Å². The van der Waals surface area contributed by atoms with E-state index in [-0.39, 0.29) is 5.56 Å². The third kappa shape index (κ3) is 10.4. The van der Waals surface area contributed by atoms with Crippen LogP contribution in [0.4, 0.5) is 0 Å². The summed E-state index contributed by atoms with van der Waals surface area (Å²) in [4.78, 5) is 11.8. The van der Waals surface area contributed by atoms with Crippen LogP contribution < -0.4 is 7.80 Å². The largest absolute Gasteiger partial charge is 0.490 e. The fraction of sp³-hybridized carbons (Fsp3) is 0.621. The van der Waals surface area contributed by atoms with Gasteiger partial charge in [-0.15, -0.1) is 0 Å². The zero-order chi connectivity index (χ0) is 24.4. The Bertz CT molecular complexity index is 836. The summed E-state index contributed by atoms with van der Waals surface area (Å²) in [5.41, 5.74) is 0.162. The molecule has 4 nitrogen and oxygen atoms in total. The predicted octanol–water partition coefficient (Wildman–Crippen LogP) is 9.91. The number of aromatic carboxylic acids is 1. The average molecular weight is 583 g/mol. The van der Waals surface area contributed by atoms with E-state index < -0.39 is 5.97 Å². The van der Waals surface area contributed by atoms with Gasteiger partial charge in [0, 0.05) is 5.39 Å². The highest BCUT2D eigenvalue weighted by atomic mass is 127. The molecule has 34 heavy (non-hydrogen) atoms. The topological polar surface area (TPSA) is 55.8 Å². The van der Waals surface area contributed by atoms with Gasteiger partial charge in [-0.1, -0.05) is 128 Å². The molecule has 0 aliphatic rings. The zero-order valence-corrected chi connectivity index (χ0v) is 23.1. The molecular weight excluding hydrogens is 539 g/mol. The van der Waals surface area contributed by atoms with Crippen LogP contribution in [0.25, 0.3) is 10.8 Å². The van der Waals surface area contributed by atoms with Gasteiger partial charge >= 0.3 is 5.97 Å². The molecule has 190 valence electrons. The number of benzene rings is 2. The van der Waals surface area contributed by atoms with Crippen molar-refractivity contribution in [3.8, 4) is 11.5 Å². The second-order valence-corrected chi connectivity index (χ2v) is 9.77. The molecule has 0 amide bonds. The molecule has 1 N–H and O–H groups in total. The Morgan fingerprint density at radius 2 is 1.29 bits per heavy atom. The first kappa shape index (κ1) is 28.7. The van der Waals surface area contributed by atoms with Crippen molar-refractivity contribution < 1.29 is 17.7 Å². The molecule has 0 radical (unpaired) electrons. The van der Waals surface area contributed by atoms with Gasteiger partial charge in [0.2, 0.25) is 0 Å². The number of fused-ring (bicyclic) bond motifs is 1. The molecular formula is C29H43IO4. The molecule has 0 aliphatic heterocycles. The lowest BCUT2D eigenvalue weighted by atomic mass is 10.0. The molecule has 0 atom stereocenters. The fourth-order valence-corrected chi connectivity index (χ4v) is 4.97. The number of unbranched alkanes of at least 4 members (excludes halogenated alkanes) is 15. The first-order valence-corrected chi connectivity index (χ1v) is 14.3. The molecule has 0 spiro atoms. The van der Waals surface area contributed by atoms with E-state index in [1.54, 1.807) is 29.1 Å². The highest BCUT2D eigenvalue weighted by Crippen LogP contribution is 2.39. The molecule has 0 unspecified atom stereocenters. The van der Waals surface area contributed by atoms with Crippen LogP contribution in [0.5, 0.6) is 11.5 Å². The third-order valence-electron chi connectivity index (χ3n) is 6.51. The second kappa shape index (κ2) is 17.9. The Kier molecular flexibility index (Phi) is 15.1. The van der Waals surface area contributed by atoms with Crippen molar-refractivity contribution in [2.75, 3.05) is 6.61 Å². The summed E-state index contributed by atoms with van der Waals surface area (Å²) < 4.78 is 11.3. The number of rotatable bonds is 20. The molecule has 0 heterocycles. The number of hydrogen-bond donors (Lipinski definition) is 1. The van der Waals surface area contributed by atoms with E-state index in [2.05, 4.69) is 6.92 Å². The molecule has 0 bridgehead atoms. The lowest BCUT2D eigenvalue weighted by Gasteiger charge is -2.14. The summed E-state index contributed by atoms with van der Waals surface area (Å²) in [5, 5.41) is 11.2. The average Bonchev–Trinajstić information content (AvgIpc) is 2.84. The third-order valence-corrected chi connectivity index (χ3v) is 6.95. The Balaban J connectivity index is 1.55. The van der Waals surface area contributed by atoms with Gasteiger partial charge in [-0.05, 0) is 17.9 Å². The van der Waals surface area contributed by atoms with Crippen LogP contribution in [0.15, 0.2) is 30.3 Å². The molecule has 0 saturated heterocycles. The number of halogens is 1. The van der Waals surface area contributed by atoms with Gasteiger partial charge < -0.3 is 12.9 Å². The molecule has 2 rings (SSSR count). The summed E-state index contributed by atoms with van der Waals surface area (Å²) in [6.45, 7) is 2.85. The number of carboxylic acids is 1. The maximum absolute atomic E-state index is 11.8. The molecule has 2 aromatic rings. The van der Waals surface area contributed by atoms with E-state index in [1.807, 2.05) is 24.3 Å². The smallest absolute Gasteiger partial charge is 0.340 e. The van der Waals surface area contributed by atoms with E-state index in [0.717, 1.165) is 18.2 Å². The normalized spacial score (nSPS) is 11.1. The lowest BCUT2D eigenvalue weighted by molar-refractivity contribution is 0.0697. The van der Waals surface area contributed by atoms with Gasteiger partial charge in [-0.3, -0.25) is 0 Å². The zero-order valence-electron chi connectivity index (χ0n) is 21.0. The van der Waals surface area contributed by atoms with Gasteiger partial charge in [-0.25, -0.2) is 4.79 Å². The number of carboxylic acid groups (broad SMARTS) is 1. The molecule has 0 aromatic heterocycles. The predicted molar refractivity (Wildman–Crippen MR) is 151 cm³/mol. The van der Waals surface area contributed by atoms with Crippen LogP contribution >= 0.6 is 23.0 Å². The van der Waals surface area contributed by atoms with E-state index in [0.29, 0.717) is 23.5 Å². The first-order valence-electron chi connectivity index (χ1n) is 13.4. The van der Waals surface area contributed by atoms with E-state index in [9.17, 15) is 9.90 Å². The minimum Gasteiger partial charge on any atom is -0.490 e. The number of hydrogen-bond acceptors (Lipinski definition) is 3. The minimum absolute atomic E-state index is 0.162. The van der Waals surface area contributed by atoms with Crippen LogP contribution in [-0.4, -0.2) is 17.7 Å². The summed E-state index contributed by atoms with van der Waals surface area (Å²) >= 11 is 1.73. The van der Waals surface area contributed by atoms with Gasteiger partial charge in [0.05, 0.1) is 6.61 Å².